The minimum atomic E-state index is 0.158. The van der Waals surface area contributed by atoms with Crippen molar-refractivity contribution in [3.05, 3.63) is 48.0 Å². The maximum Gasteiger partial charge on any atom is 0.253 e. The molecule has 1 aliphatic rings. The first-order chi connectivity index (χ1) is 8.18. The van der Waals surface area contributed by atoms with Crippen LogP contribution in [0.2, 0.25) is 0 Å². The third-order valence-corrected chi connectivity index (χ3v) is 3.50. The lowest BCUT2D eigenvalue weighted by molar-refractivity contribution is 0.0702. The summed E-state index contributed by atoms with van der Waals surface area (Å²) >= 11 is 0. The van der Waals surface area contributed by atoms with Crippen molar-refractivity contribution in [3.63, 3.8) is 0 Å². The Morgan fingerprint density at radius 2 is 1.82 bits per heavy atom. The van der Waals surface area contributed by atoms with E-state index in [2.05, 4.69) is 13.5 Å². The van der Waals surface area contributed by atoms with E-state index in [4.69, 9.17) is 0 Å². The first-order valence-corrected chi connectivity index (χ1v) is 6.18. The van der Waals surface area contributed by atoms with Crippen molar-refractivity contribution in [3.8, 4) is 0 Å². The average molecular weight is 229 g/mol. The van der Waals surface area contributed by atoms with Gasteiger partial charge in [0.1, 0.15) is 0 Å². The number of hydrogen-bond acceptors (Lipinski definition) is 1. The zero-order valence-electron chi connectivity index (χ0n) is 10.4. The van der Waals surface area contributed by atoms with Crippen LogP contribution in [0.5, 0.6) is 0 Å². The van der Waals surface area contributed by atoms with Crippen LogP contribution in [0.15, 0.2) is 42.5 Å². The van der Waals surface area contributed by atoms with Crippen molar-refractivity contribution in [2.75, 3.05) is 13.1 Å². The molecule has 0 radical (unpaired) electrons. The highest BCUT2D eigenvalue weighted by Crippen LogP contribution is 2.24. The number of carbonyl (C=O) groups excluding carboxylic acids is 1. The van der Waals surface area contributed by atoms with Crippen molar-refractivity contribution in [1.82, 2.24) is 4.90 Å². The number of likely N-dealkylation sites (tertiary alicyclic amines) is 1. The molecule has 2 rings (SSSR count). The topological polar surface area (TPSA) is 20.3 Å². The molecule has 17 heavy (non-hydrogen) atoms. The summed E-state index contributed by atoms with van der Waals surface area (Å²) in [6, 6.07) is 9.52. The Kier molecular flexibility index (Phi) is 3.62. The van der Waals surface area contributed by atoms with Gasteiger partial charge >= 0.3 is 0 Å². The molecule has 1 saturated heterocycles. The molecule has 1 aromatic carbocycles. The van der Waals surface area contributed by atoms with Crippen LogP contribution < -0.4 is 0 Å². The van der Waals surface area contributed by atoms with Crippen molar-refractivity contribution < 1.29 is 4.79 Å². The number of rotatable bonds is 2. The Morgan fingerprint density at radius 1 is 1.24 bits per heavy atom. The van der Waals surface area contributed by atoms with E-state index in [9.17, 15) is 4.79 Å². The van der Waals surface area contributed by atoms with Crippen LogP contribution in [-0.4, -0.2) is 23.9 Å². The Morgan fingerprint density at radius 3 is 2.35 bits per heavy atom. The number of allylic oxidation sites excluding steroid dienone is 1. The van der Waals surface area contributed by atoms with Gasteiger partial charge in [0, 0.05) is 18.7 Å². The number of carbonyl (C=O) groups is 1. The molecule has 0 N–H and O–H groups in total. The minimum absolute atomic E-state index is 0.158. The molecule has 0 unspecified atom stereocenters. The lowest BCUT2D eigenvalue weighted by atomic mass is 9.91. The predicted octanol–water partition coefficient (Wildman–Crippen LogP) is 3.11. The fourth-order valence-corrected chi connectivity index (χ4v) is 2.34. The summed E-state index contributed by atoms with van der Waals surface area (Å²) in [5.41, 5.74) is 2.04. The quantitative estimate of drug-likeness (QED) is 0.713. The second kappa shape index (κ2) is 5.17. The molecular formula is C15H19NO. The van der Waals surface area contributed by atoms with Crippen LogP contribution >= 0.6 is 0 Å². The second-order valence-corrected chi connectivity index (χ2v) is 4.78. The first kappa shape index (κ1) is 11.9. The molecule has 2 heteroatoms. The van der Waals surface area contributed by atoms with Crippen LogP contribution in [0.1, 0.15) is 30.1 Å². The van der Waals surface area contributed by atoms with Gasteiger partial charge in [0.2, 0.25) is 0 Å². The fraction of sp³-hybridized carbons (Fsp3) is 0.400. The smallest absolute Gasteiger partial charge is 0.253 e. The molecule has 1 aliphatic heterocycles. The molecule has 1 aromatic rings. The van der Waals surface area contributed by atoms with Crippen LogP contribution in [0.25, 0.3) is 0 Å². The zero-order chi connectivity index (χ0) is 12.3. The Labute approximate surface area is 103 Å². The lowest BCUT2D eigenvalue weighted by Gasteiger charge is -2.32. The summed E-state index contributed by atoms with van der Waals surface area (Å²) in [7, 11) is 0. The van der Waals surface area contributed by atoms with Crippen molar-refractivity contribution in [2.24, 2.45) is 5.92 Å². The lowest BCUT2D eigenvalue weighted by Crippen LogP contribution is -2.38. The highest BCUT2D eigenvalue weighted by molar-refractivity contribution is 5.94. The van der Waals surface area contributed by atoms with Gasteiger partial charge in [-0.05, 0) is 37.8 Å². The van der Waals surface area contributed by atoms with E-state index in [1.165, 1.54) is 5.57 Å². The van der Waals surface area contributed by atoms with Gasteiger partial charge in [-0.15, -0.1) is 0 Å². The Bertz CT molecular complexity index is 402. The van der Waals surface area contributed by atoms with Gasteiger partial charge in [0.25, 0.3) is 5.91 Å². The zero-order valence-corrected chi connectivity index (χ0v) is 10.4. The predicted molar refractivity (Wildman–Crippen MR) is 69.9 cm³/mol. The Balaban J connectivity index is 1.98. The summed E-state index contributed by atoms with van der Waals surface area (Å²) in [4.78, 5) is 14.1. The monoisotopic (exact) mass is 229 g/mol. The van der Waals surface area contributed by atoms with Gasteiger partial charge in [-0.3, -0.25) is 4.79 Å². The standard InChI is InChI=1S/C15H19NO/c1-12(2)13-8-10-16(11-9-13)15(17)14-6-4-3-5-7-14/h3-7,13H,1,8-11H2,2H3. The SMILES string of the molecule is C=C(C)C1CCN(C(=O)c2ccccc2)CC1. The van der Waals surface area contributed by atoms with Crippen LogP contribution in [0.3, 0.4) is 0 Å². The maximum atomic E-state index is 12.2. The maximum absolute atomic E-state index is 12.2. The Hall–Kier alpha value is -1.57. The van der Waals surface area contributed by atoms with E-state index >= 15 is 0 Å². The molecule has 0 saturated carbocycles. The number of benzene rings is 1. The fourth-order valence-electron chi connectivity index (χ4n) is 2.34. The molecule has 0 aliphatic carbocycles. The van der Waals surface area contributed by atoms with Gasteiger partial charge in [-0.1, -0.05) is 30.4 Å². The van der Waals surface area contributed by atoms with Crippen molar-refractivity contribution in [2.45, 2.75) is 19.8 Å². The van der Waals surface area contributed by atoms with E-state index < -0.39 is 0 Å². The third-order valence-electron chi connectivity index (χ3n) is 3.50. The number of nitrogens with zero attached hydrogens (tertiary/aromatic N) is 1. The van der Waals surface area contributed by atoms with Crippen LogP contribution in [0, 0.1) is 5.92 Å². The van der Waals surface area contributed by atoms with Gasteiger partial charge in [-0.2, -0.15) is 0 Å². The first-order valence-electron chi connectivity index (χ1n) is 6.18. The highest BCUT2D eigenvalue weighted by Gasteiger charge is 2.23. The molecule has 1 fully saturated rings. The molecule has 90 valence electrons. The molecular weight excluding hydrogens is 210 g/mol. The van der Waals surface area contributed by atoms with E-state index in [1.54, 1.807) is 0 Å². The third kappa shape index (κ3) is 2.76. The van der Waals surface area contributed by atoms with Crippen molar-refractivity contribution in [1.29, 1.82) is 0 Å². The summed E-state index contributed by atoms with van der Waals surface area (Å²) < 4.78 is 0. The van der Waals surface area contributed by atoms with E-state index in [0.717, 1.165) is 31.5 Å². The van der Waals surface area contributed by atoms with Crippen molar-refractivity contribution >= 4 is 5.91 Å². The van der Waals surface area contributed by atoms with E-state index in [-0.39, 0.29) is 5.91 Å². The molecule has 0 atom stereocenters. The number of piperidine rings is 1. The normalized spacial score (nSPS) is 16.9. The summed E-state index contributed by atoms with van der Waals surface area (Å²) in [6.07, 6.45) is 2.10. The summed E-state index contributed by atoms with van der Waals surface area (Å²) in [6.45, 7) is 7.79. The van der Waals surface area contributed by atoms with E-state index in [0.29, 0.717) is 5.92 Å². The van der Waals surface area contributed by atoms with Gasteiger partial charge in [0.05, 0.1) is 0 Å². The largest absolute Gasteiger partial charge is 0.339 e. The van der Waals surface area contributed by atoms with Crippen LogP contribution in [0.4, 0.5) is 0 Å². The van der Waals surface area contributed by atoms with Gasteiger partial charge < -0.3 is 4.90 Å². The van der Waals surface area contributed by atoms with Gasteiger partial charge in [-0.25, -0.2) is 0 Å². The second-order valence-electron chi connectivity index (χ2n) is 4.78. The molecule has 0 aromatic heterocycles. The minimum Gasteiger partial charge on any atom is -0.339 e. The molecule has 0 spiro atoms. The average Bonchev–Trinajstić information content (AvgIpc) is 2.39. The molecule has 0 bridgehead atoms. The highest BCUT2D eigenvalue weighted by atomic mass is 16.2. The van der Waals surface area contributed by atoms with Crippen LogP contribution in [-0.2, 0) is 0 Å². The summed E-state index contributed by atoms with van der Waals surface area (Å²) in [5, 5.41) is 0. The molecule has 2 nitrogen and oxygen atoms in total. The van der Waals surface area contributed by atoms with E-state index in [1.807, 2.05) is 35.2 Å². The number of hydrogen-bond donors (Lipinski definition) is 0. The van der Waals surface area contributed by atoms with Gasteiger partial charge in [0.15, 0.2) is 0 Å². The summed E-state index contributed by atoms with van der Waals surface area (Å²) in [5.74, 6) is 0.751. The molecule has 1 heterocycles. The molecule has 1 amide bonds. The number of amides is 1.